The summed E-state index contributed by atoms with van der Waals surface area (Å²) in [5.74, 6) is -0.707. The van der Waals surface area contributed by atoms with Gasteiger partial charge in [0.15, 0.2) is 11.9 Å². The van der Waals surface area contributed by atoms with Crippen LogP contribution in [0.2, 0.25) is 0 Å². The number of nitrogens with zero attached hydrogens (tertiary/aromatic N) is 3. The number of nitrogens with two attached hydrogens (primary N) is 1. The predicted molar refractivity (Wildman–Crippen MR) is 74.8 cm³/mol. The summed E-state index contributed by atoms with van der Waals surface area (Å²) < 4.78 is 21.7. The van der Waals surface area contributed by atoms with Gasteiger partial charge in [-0.25, -0.2) is 9.55 Å². The molecule has 2 aliphatic heterocycles. The average Bonchev–Trinajstić information content (AvgIpc) is 3.00. The fraction of sp³-hybridized carbons (Fsp3) is 0.455. The number of aliphatic hydroxyl groups is 2. The zero-order chi connectivity index (χ0) is 17.6. The van der Waals surface area contributed by atoms with Crippen LogP contribution in [0.4, 0.5) is 0 Å². The van der Waals surface area contributed by atoms with Crippen molar-refractivity contribution in [2.75, 3.05) is 6.61 Å². The number of hydrogen-bond acceptors (Lipinski definition) is 8. The molecule has 1 amide bonds. The van der Waals surface area contributed by atoms with Crippen molar-refractivity contribution in [1.82, 2.24) is 14.9 Å². The number of aliphatic hydroxyl groups excluding tert-OH is 2. The number of imidazole rings is 1. The van der Waals surface area contributed by atoms with E-state index in [0.29, 0.717) is 0 Å². The van der Waals surface area contributed by atoms with Crippen LogP contribution in [0, 0.1) is 0 Å². The first-order valence-electron chi connectivity index (χ1n) is 6.69. The van der Waals surface area contributed by atoms with Gasteiger partial charge >= 0.3 is 7.82 Å². The van der Waals surface area contributed by atoms with Crippen molar-refractivity contribution in [3.63, 3.8) is 0 Å². The number of ether oxygens (including phenoxy) is 1. The Morgan fingerprint density at radius 3 is 2.75 bits per heavy atom. The first kappa shape index (κ1) is 17.0. The van der Waals surface area contributed by atoms with Crippen LogP contribution in [-0.2, 0) is 13.8 Å². The highest BCUT2D eigenvalue weighted by atomic mass is 31.2. The molecule has 4 atom stereocenters. The Morgan fingerprint density at radius 2 is 2.08 bits per heavy atom. The van der Waals surface area contributed by atoms with Gasteiger partial charge in [0, 0.05) is 6.08 Å². The van der Waals surface area contributed by atoms with Crippen LogP contribution in [0.1, 0.15) is 22.4 Å². The van der Waals surface area contributed by atoms with Gasteiger partial charge in [-0.2, -0.15) is 5.32 Å². The van der Waals surface area contributed by atoms with E-state index in [1.165, 1.54) is 17.0 Å². The lowest BCUT2D eigenvalue weighted by Crippen LogP contribution is -2.34. The highest BCUT2D eigenvalue weighted by molar-refractivity contribution is 7.46. The third-order valence-electron chi connectivity index (χ3n) is 3.57. The topological polar surface area (TPSA) is 191 Å². The smallest absolute Gasteiger partial charge is 0.387 e. The molecule has 3 rings (SSSR count). The van der Waals surface area contributed by atoms with Crippen LogP contribution in [0.3, 0.4) is 0 Å². The summed E-state index contributed by atoms with van der Waals surface area (Å²) in [5.41, 5.74) is 5.77. The summed E-state index contributed by atoms with van der Waals surface area (Å²) in [6.45, 7) is -0.637. The predicted octanol–water partition coefficient (Wildman–Crippen LogP) is -2.37. The molecule has 2 aliphatic rings. The molecule has 0 bridgehead atoms. The molecular weight excluding hydrogens is 347 g/mol. The fourth-order valence-corrected chi connectivity index (χ4v) is 2.83. The Hall–Kier alpha value is -1.79. The summed E-state index contributed by atoms with van der Waals surface area (Å²) in [4.78, 5) is 33.0. The van der Waals surface area contributed by atoms with E-state index in [1.807, 2.05) is 0 Å². The lowest BCUT2D eigenvalue weighted by molar-refractivity contribution is -0.0523. The molecule has 1 aromatic rings. The third-order valence-corrected chi connectivity index (χ3v) is 4.05. The maximum absolute atomic E-state index is 11.7. The molecular formula is C11H14N4O8P. The highest BCUT2D eigenvalue weighted by Crippen LogP contribution is 2.38. The van der Waals surface area contributed by atoms with E-state index >= 15 is 0 Å². The first-order chi connectivity index (χ1) is 11.2. The van der Waals surface area contributed by atoms with Gasteiger partial charge in [0.25, 0.3) is 5.91 Å². The SMILES string of the molecule is NC1=Cc2c(ncn2[C@@H]2O[C@H](COP(=O)(O)O)[C@@H](O)[C@@H]2O)C(=O)[N]1. The number of phosphoric acid groups is 1. The molecule has 131 valence electrons. The largest absolute Gasteiger partial charge is 0.469 e. The molecule has 1 saturated heterocycles. The lowest BCUT2D eigenvalue weighted by atomic mass is 10.1. The number of hydrogen-bond donors (Lipinski definition) is 5. The van der Waals surface area contributed by atoms with Crippen molar-refractivity contribution in [1.29, 1.82) is 0 Å². The minimum Gasteiger partial charge on any atom is -0.387 e. The average molecular weight is 361 g/mol. The van der Waals surface area contributed by atoms with E-state index in [1.54, 1.807) is 0 Å². The van der Waals surface area contributed by atoms with E-state index < -0.39 is 44.9 Å². The van der Waals surface area contributed by atoms with E-state index in [9.17, 15) is 19.6 Å². The van der Waals surface area contributed by atoms with Gasteiger partial charge in [0.2, 0.25) is 0 Å². The maximum atomic E-state index is 11.7. The molecule has 0 aromatic carbocycles. The van der Waals surface area contributed by atoms with Gasteiger partial charge in [0.1, 0.15) is 24.1 Å². The zero-order valence-electron chi connectivity index (χ0n) is 12.0. The standard InChI is InChI=1S/C11H14N4O8P/c12-6-1-4-7(10(18)14-6)13-3-15(4)11-9(17)8(16)5(23-11)2-22-24(19,20)21/h1,3,5,8-9,11,16-17H,2,12H2,(H2,19,20,21)/t5-,8-,9+,11-/m1/s1. The van der Waals surface area contributed by atoms with Crippen molar-refractivity contribution in [3.05, 3.63) is 23.5 Å². The second-order valence-electron chi connectivity index (χ2n) is 5.20. The van der Waals surface area contributed by atoms with E-state index in [4.69, 9.17) is 20.3 Å². The van der Waals surface area contributed by atoms with E-state index in [2.05, 4.69) is 14.8 Å². The molecule has 0 spiro atoms. The van der Waals surface area contributed by atoms with E-state index in [0.717, 1.165) is 0 Å². The summed E-state index contributed by atoms with van der Waals surface area (Å²) in [7, 11) is -4.75. The Balaban J connectivity index is 1.84. The van der Waals surface area contributed by atoms with Gasteiger partial charge < -0.3 is 35.0 Å². The summed E-state index contributed by atoms with van der Waals surface area (Å²) >= 11 is 0. The highest BCUT2D eigenvalue weighted by Gasteiger charge is 2.45. The van der Waals surface area contributed by atoms with Gasteiger partial charge in [-0.05, 0) is 0 Å². The van der Waals surface area contributed by atoms with E-state index in [-0.39, 0.29) is 17.2 Å². The molecule has 0 aliphatic carbocycles. The molecule has 0 saturated carbocycles. The van der Waals surface area contributed by atoms with Crippen LogP contribution in [0.5, 0.6) is 0 Å². The van der Waals surface area contributed by atoms with Gasteiger partial charge in [-0.15, -0.1) is 0 Å². The van der Waals surface area contributed by atoms with Crippen LogP contribution in [0.25, 0.3) is 6.08 Å². The van der Waals surface area contributed by atoms with Crippen LogP contribution >= 0.6 is 7.82 Å². The Morgan fingerprint density at radius 1 is 1.38 bits per heavy atom. The quantitative estimate of drug-likeness (QED) is 0.362. The molecule has 24 heavy (non-hydrogen) atoms. The number of fused-ring (bicyclic) bond motifs is 1. The van der Waals surface area contributed by atoms with Crippen LogP contribution < -0.4 is 11.1 Å². The third kappa shape index (κ3) is 3.08. The number of amides is 1. The Labute approximate surface area is 134 Å². The van der Waals surface area contributed by atoms with Crippen LogP contribution in [0.15, 0.2) is 12.1 Å². The van der Waals surface area contributed by atoms with Crippen LogP contribution in [-0.4, -0.2) is 60.4 Å². The van der Waals surface area contributed by atoms with Crippen molar-refractivity contribution < 1.29 is 38.6 Å². The minimum absolute atomic E-state index is 0.00408. The molecule has 6 N–H and O–H groups in total. The summed E-state index contributed by atoms with van der Waals surface area (Å²) in [5, 5.41) is 23.6. The van der Waals surface area contributed by atoms with Crippen molar-refractivity contribution in [2.24, 2.45) is 5.73 Å². The van der Waals surface area contributed by atoms with Gasteiger partial charge in [0.05, 0.1) is 18.6 Å². The van der Waals surface area contributed by atoms with Crippen molar-refractivity contribution >= 4 is 19.8 Å². The number of carbonyl (C=O) groups excluding carboxylic acids is 1. The number of aromatic nitrogens is 2. The Kier molecular flexibility index (Phi) is 4.21. The molecule has 1 aromatic heterocycles. The zero-order valence-corrected chi connectivity index (χ0v) is 12.9. The molecule has 3 heterocycles. The lowest BCUT2D eigenvalue weighted by Gasteiger charge is -2.19. The Bertz CT molecular complexity index is 742. The van der Waals surface area contributed by atoms with Gasteiger partial charge in [-0.3, -0.25) is 9.32 Å². The molecule has 13 heteroatoms. The number of rotatable bonds is 4. The monoisotopic (exact) mass is 361 g/mol. The minimum atomic E-state index is -4.75. The normalized spacial score (nSPS) is 30.0. The summed E-state index contributed by atoms with van der Waals surface area (Å²) in [6, 6.07) is 0. The summed E-state index contributed by atoms with van der Waals surface area (Å²) in [6.07, 6.45) is -2.70. The molecule has 1 radical (unpaired) electrons. The molecule has 0 unspecified atom stereocenters. The molecule has 12 nitrogen and oxygen atoms in total. The fourth-order valence-electron chi connectivity index (χ4n) is 2.49. The van der Waals surface area contributed by atoms with Crippen molar-refractivity contribution in [2.45, 2.75) is 24.5 Å². The number of carbonyl (C=O) groups is 1. The van der Waals surface area contributed by atoms with Gasteiger partial charge in [-0.1, -0.05) is 0 Å². The molecule has 1 fully saturated rings. The maximum Gasteiger partial charge on any atom is 0.469 e. The first-order valence-corrected chi connectivity index (χ1v) is 8.22. The van der Waals surface area contributed by atoms with Crippen molar-refractivity contribution in [3.8, 4) is 0 Å². The second-order valence-corrected chi connectivity index (χ2v) is 6.44. The number of phosphoric ester groups is 1. The second kappa shape index (κ2) is 5.93.